The predicted molar refractivity (Wildman–Crippen MR) is 163 cm³/mol. The molecule has 0 aliphatic carbocycles. The summed E-state index contributed by atoms with van der Waals surface area (Å²) in [6.07, 6.45) is 2.06. The lowest BCUT2D eigenvalue weighted by atomic mass is 10.0. The van der Waals surface area contributed by atoms with Crippen molar-refractivity contribution < 1.29 is 19.1 Å². The van der Waals surface area contributed by atoms with E-state index in [2.05, 4.69) is 15.7 Å². The number of hydrogen-bond donors (Lipinski definition) is 1. The summed E-state index contributed by atoms with van der Waals surface area (Å²) in [5.74, 6) is 1.75. The fraction of sp³-hybridized carbons (Fsp3) is 0.121. The number of aromatic nitrogens is 3. The van der Waals surface area contributed by atoms with Crippen molar-refractivity contribution in [2.75, 3.05) is 20.8 Å². The smallest absolute Gasteiger partial charge is 0.261 e. The molecule has 1 aliphatic rings. The highest BCUT2D eigenvalue weighted by Gasteiger charge is 2.34. The lowest BCUT2D eigenvalue weighted by Crippen LogP contribution is -2.32. The number of aromatic amines is 1. The Morgan fingerprint density at radius 2 is 1.52 bits per heavy atom. The van der Waals surface area contributed by atoms with Crippen molar-refractivity contribution in [2.24, 2.45) is 0 Å². The van der Waals surface area contributed by atoms with Crippen LogP contribution in [0, 0.1) is 0 Å². The summed E-state index contributed by atoms with van der Waals surface area (Å²) in [6, 6.07) is 24.8. The van der Waals surface area contributed by atoms with Gasteiger partial charge in [-0.2, -0.15) is 0 Å². The van der Waals surface area contributed by atoms with Crippen LogP contribution in [-0.4, -0.2) is 52.0 Å². The molecule has 0 spiro atoms. The third-order valence-corrected chi connectivity index (χ3v) is 8.50. The summed E-state index contributed by atoms with van der Waals surface area (Å²) >= 11 is 1.62. The number of carbonyl (C=O) groups is 2. The van der Waals surface area contributed by atoms with Crippen LogP contribution in [0.25, 0.3) is 44.1 Å². The SMILES string of the molecule is COc1ccc(-c2nc(-c3cccs3)[nH]c2-c2cn(CCN3C(=O)c4ccccc4C3=O)c3ccc(OC)cc23)cc1. The third kappa shape index (κ3) is 4.26. The zero-order valence-electron chi connectivity index (χ0n) is 23.0. The summed E-state index contributed by atoms with van der Waals surface area (Å²) < 4.78 is 13.0. The number of imidazole rings is 1. The van der Waals surface area contributed by atoms with Crippen molar-refractivity contribution in [3.8, 4) is 44.7 Å². The molecular weight excluding hydrogens is 548 g/mol. The molecule has 4 heterocycles. The quantitative estimate of drug-likeness (QED) is 0.203. The van der Waals surface area contributed by atoms with E-state index in [1.165, 1.54) is 4.90 Å². The fourth-order valence-corrected chi connectivity index (χ4v) is 6.16. The van der Waals surface area contributed by atoms with Crippen molar-refractivity contribution in [1.29, 1.82) is 0 Å². The minimum Gasteiger partial charge on any atom is -0.497 e. The van der Waals surface area contributed by atoms with Crippen LogP contribution < -0.4 is 9.47 Å². The molecule has 9 heteroatoms. The first-order chi connectivity index (χ1) is 20.6. The minimum absolute atomic E-state index is 0.246. The number of methoxy groups -OCH3 is 2. The monoisotopic (exact) mass is 574 g/mol. The summed E-state index contributed by atoms with van der Waals surface area (Å²) in [6.45, 7) is 0.675. The normalized spacial score (nSPS) is 12.8. The zero-order chi connectivity index (χ0) is 28.8. The Kier molecular flexibility index (Phi) is 6.36. The number of imide groups is 1. The van der Waals surface area contributed by atoms with Crippen LogP contribution in [0.3, 0.4) is 0 Å². The number of ether oxygens (including phenoxy) is 2. The van der Waals surface area contributed by atoms with Gasteiger partial charge >= 0.3 is 0 Å². The highest BCUT2D eigenvalue weighted by atomic mass is 32.1. The maximum absolute atomic E-state index is 13.0. The van der Waals surface area contributed by atoms with Crippen molar-refractivity contribution >= 4 is 34.1 Å². The van der Waals surface area contributed by atoms with Gasteiger partial charge in [-0.25, -0.2) is 4.98 Å². The first-order valence-corrected chi connectivity index (χ1v) is 14.3. The predicted octanol–water partition coefficient (Wildman–Crippen LogP) is 6.74. The first-order valence-electron chi connectivity index (χ1n) is 13.5. The molecule has 0 saturated carbocycles. The molecule has 0 radical (unpaired) electrons. The number of fused-ring (bicyclic) bond motifs is 2. The number of carbonyl (C=O) groups excluding carboxylic acids is 2. The molecule has 7 rings (SSSR count). The number of rotatable bonds is 8. The average molecular weight is 575 g/mol. The van der Waals surface area contributed by atoms with Gasteiger partial charge in [0.2, 0.25) is 0 Å². The highest BCUT2D eigenvalue weighted by molar-refractivity contribution is 7.13. The average Bonchev–Trinajstić information content (AvgIpc) is 3.82. The maximum Gasteiger partial charge on any atom is 0.261 e. The van der Waals surface area contributed by atoms with Crippen molar-refractivity contribution in [3.05, 3.63) is 102 Å². The second-order valence-electron chi connectivity index (χ2n) is 9.94. The largest absolute Gasteiger partial charge is 0.497 e. The fourth-order valence-electron chi connectivity index (χ4n) is 5.49. The second-order valence-corrected chi connectivity index (χ2v) is 10.9. The molecule has 0 fully saturated rings. The standard InChI is InChI=1S/C33H26N4O4S/c1-40-21-11-9-20(10-12-21)29-30(35-31(34-29)28-8-5-17-42-28)26-19-36(27-14-13-22(41-2)18-25(26)27)15-16-37-32(38)23-6-3-4-7-24(23)33(37)39/h3-14,17-19H,15-16H2,1-2H3,(H,34,35). The van der Waals surface area contributed by atoms with Gasteiger partial charge in [0.1, 0.15) is 17.3 Å². The van der Waals surface area contributed by atoms with Crippen molar-refractivity contribution in [1.82, 2.24) is 19.4 Å². The minimum atomic E-state index is -0.259. The molecule has 6 aromatic rings. The number of thiophene rings is 1. The van der Waals surface area contributed by atoms with E-state index in [4.69, 9.17) is 14.5 Å². The lowest BCUT2D eigenvalue weighted by Gasteiger charge is -2.15. The summed E-state index contributed by atoms with van der Waals surface area (Å²) in [5.41, 5.74) is 5.41. The second kappa shape index (κ2) is 10.4. The molecule has 0 bridgehead atoms. The van der Waals surface area contributed by atoms with Crippen LogP contribution in [0.2, 0.25) is 0 Å². The molecule has 1 aliphatic heterocycles. The number of benzene rings is 3. The molecular formula is C33H26N4O4S. The van der Waals surface area contributed by atoms with E-state index in [-0.39, 0.29) is 18.4 Å². The molecule has 1 N–H and O–H groups in total. The first kappa shape index (κ1) is 25.8. The molecule has 8 nitrogen and oxygen atoms in total. The van der Waals surface area contributed by atoms with Gasteiger partial charge in [-0.1, -0.05) is 18.2 Å². The number of nitrogens with zero attached hydrogens (tertiary/aromatic N) is 3. The zero-order valence-corrected chi connectivity index (χ0v) is 23.8. The number of H-pyrrole nitrogens is 1. The Morgan fingerprint density at radius 1 is 0.810 bits per heavy atom. The van der Waals surface area contributed by atoms with Crippen molar-refractivity contribution in [2.45, 2.75) is 6.54 Å². The highest BCUT2D eigenvalue weighted by Crippen LogP contribution is 2.40. The van der Waals surface area contributed by atoms with E-state index < -0.39 is 0 Å². The number of hydrogen-bond acceptors (Lipinski definition) is 6. The van der Waals surface area contributed by atoms with Crippen LogP contribution in [0.1, 0.15) is 20.7 Å². The summed E-state index contributed by atoms with van der Waals surface area (Å²) in [5, 5.41) is 2.99. The van der Waals surface area contributed by atoms with Crippen LogP contribution >= 0.6 is 11.3 Å². The Balaban J connectivity index is 1.33. The molecule has 0 unspecified atom stereocenters. The van der Waals surface area contributed by atoms with E-state index in [1.54, 1.807) is 49.8 Å². The Hall–Kier alpha value is -5.15. The van der Waals surface area contributed by atoms with Gasteiger partial charge in [-0.15, -0.1) is 11.3 Å². The number of amides is 2. The molecule has 2 amide bonds. The Bertz CT molecular complexity index is 1920. The van der Waals surface area contributed by atoms with E-state index in [0.29, 0.717) is 17.7 Å². The van der Waals surface area contributed by atoms with Gasteiger partial charge in [-0.05, 0) is 66.0 Å². The van der Waals surface area contributed by atoms with Crippen LogP contribution in [-0.2, 0) is 6.54 Å². The molecule has 3 aromatic heterocycles. The molecule has 42 heavy (non-hydrogen) atoms. The van der Waals surface area contributed by atoms with E-state index >= 15 is 0 Å². The Morgan fingerprint density at radius 3 is 2.19 bits per heavy atom. The summed E-state index contributed by atoms with van der Waals surface area (Å²) in [4.78, 5) is 37.0. The molecule has 0 atom stereocenters. The van der Waals surface area contributed by atoms with E-state index in [1.807, 2.05) is 60.0 Å². The maximum atomic E-state index is 13.0. The van der Waals surface area contributed by atoms with Crippen LogP contribution in [0.4, 0.5) is 0 Å². The van der Waals surface area contributed by atoms with Gasteiger partial charge in [0.05, 0.1) is 41.6 Å². The Labute approximate surface area is 245 Å². The summed E-state index contributed by atoms with van der Waals surface area (Å²) in [7, 11) is 3.29. The molecule has 0 saturated heterocycles. The van der Waals surface area contributed by atoms with E-state index in [9.17, 15) is 9.59 Å². The van der Waals surface area contributed by atoms with Crippen molar-refractivity contribution in [3.63, 3.8) is 0 Å². The van der Waals surface area contributed by atoms with Gasteiger partial charge in [0.15, 0.2) is 0 Å². The van der Waals surface area contributed by atoms with Crippen LogP contribution in [0.5, 0.6) is 11.5 Å². The van der Waals surface area contributed by atoms with Gasteiger partial charge in [-0.3, -0.25) is 14.5 Å². The van der Waals surface area contributed by atoms with Crippen LogP contribution in [0.15, 0.2) is 90.4 Å². The third-order valence-electron chi connectivity index (χ3n) is 7.62. The van der Waals surface area contributed by atoms with E-state index in [0.717, 1.165) is 55.6 Å². The lowest BCUT2D eigenvalue weighted by molar-refractivity contribution is 0.0649. The van der Waals surface area contributed by atoms with Gasteiger partial charge in [0.25, 0.3) is 11.8 Å². The molecule has 3 aromatic carbocycles. The topological polar surface area (TPSA) is 89.5 Å². The van der Waals surface area contributed by atoms with Gasteiger partial charge < -0.3 is 19.0 Å². The molecule has 208 valence electrons. The van der Waals surface area contributed by atoms with Gasteiger partial charge in [0, 0.05) is 41.3 Å². The number of nitrogens with one attached hydrogen (secondary N) is 1.